The summed E-state index contributed by atoms with van der Waals surface area (Å²) < 4.78 is 10.3. The molecule has 11 nitrogen and oxygen atoms in total. The number of carbonyl (C=O) groups excluding carboxylic acids is 2. The number of hydrogen-bond donors (Lipinski definition) is 5. The third-order valence-corrected chi connectivity index (χ3v) is 4.47. The van der Waals surface area contributed by atoms with Crippen molar-refractivity contribution >= 4 is 18.3 Å². The van der Waals surface area contributed by atoms with E-state index < -0.39 is 12.1 Å². The zero-order valence-corrected chi connectivity index (χ0v) is 17.0. The van der Waals surface area contributed by atoms with Crippen molar-refractivity contribution in [3.8, 4) is 5.75 Å². The number of hydrogen-bond acceptors (Lipinski definition) is 8. The number of pyridine rings is 1. The number of nitrogens with zero attached hydrogens (tertiary/aromatic N) is 1. The molecule has 2 amide bonds. The molecular formula is C19H29N3O8. The number of rotatable bonds is 9. The van der Waals surface area contributed by atoms with E-state index in [4.69, 9.17) is 24.5 Å². The molecule has 0 radical (unpaired) electrons. The topological polar surface area (TPSA) is 167 Å². The Morgan fingerprint density at radius 2 is 2.03 bits per heavy atom. The van der Waals surface area contributed by atoms with Crippen LogP contribution in [0.3, 0.4) is 0 Å². The minimum Gasteiger partial charge on any atom is -0.494 e. The maximum Gasteiger partial charge on any atom is 0.290 e. The number of methoxy groups -OCH3 is 1. The molecule has 2 rings (SSSR count). The Morgan fingerprint density at radius 3 is 2.67 bits per heavy atom. The smallest absolute Gasteiger partial charge is 0.290 e. The van der Waals surface area contributed by atoms with Gasteiger partial charge in [-0.25, -0.2) is 0 Å². The number of carboxylic acid groups (broad SMARTS) is 1. The van der Waals surface area contributed by atoms with Crippen LogP contribution in [0.2, 0.25) is 0 Å². The van der Waals surface area contributed by atoms with Crippen LogP contribution in [0.5, 0.6) is 5.75 Å². The van der Waals surface area contributed by atoms with Crippen molar-refractivity contribution in [3.63, 3.8) is 0 Å². The van der Waals surface area contributed by atoms with E-state index in [9.17, 15) is 14.7 Å². The quantitative estimate of drug-likeness (QED) is 0.248. The van der Waals surface area contributed by atoms with Crippen LogP contribution in [0.4, 0.5) is 0 Å². The number of ether oxygens (including phenoxy) is 2. The second-order valence-corrected chi connectivity index (χ2v) is 6.57. The summed E-state index contributed by atoms with van der Waals surface area (Å²) in [5, 5.41) is 31.3. The van der Waals surface area contributed by atoms with E-state index in [0.717, 1.165) is 0 Å². The monoisotopic (exact) mass is 427 g/mol. The minimum atomic E-state index is -0.802. The summed E-state index contributed by atoms with van der Waals surface area (Å²) in [4.78, 5) is 37.2. The van der Waals surface area contributed by atoms with Crippen molar-refractivity contribution in [3.05, 3.63) is 23.5 Å². The van der Waals surface area contributed by atoms with Crippen molar-refractivity contribution in [1.29, 1.82) is 0 Å². The highest BCUT2D eigenvalue weighted by Gasteiger charge is 2.38. The normalized spacial score (nSPS) is 19.9. The Bertz CT molecular complexity index is 700. The first-order chi connectivity index (χ1) is 14.4. The number of aryl methyl sites for hydroxylation is 1. The molecular weight excluding hydrogens is 398 g/mol. The van der Waals surface area contributed by atoms with Gasteiger partial charge < -0.3 is 35.4 Å². The van der Waals surface area contributed by atoms with Gasteiger partial charge in [0.2, 0.25) is 5.91 Å². The lowest BCUT2D eigenvalue weighted by molar-refractivity contribution is -0.125. The molecule has 1 aromatic rings. The van der Waals surface area contributed by atoms with Crippen LogP contribution in [0.1, 0.15) is 28.9 Å². The van der Waals surface area contributed by atoms with Gasteiger partial charge in [-0.15, -0.1) is 0 Å². The Morgan fingerprint density at radius 1 is 1.33 bits per heavy atom. The highest BCUT2D eigenvalue weighted by molar-refractivity contribution is 5.97. The lowest BCUT2D eigenvalue weighted by Gasteiger charge is -2.17. The highest BCUT2D eigenvalue weighted by Crippen LogP contribution is 2.27. The van der Waals surface area contributed by atoms with Crippen LogP contribution in [0.25, 0.3) is 0 Å². The molecule has 1 fully saturated rings. The summed E-state index contributed by atoms with van der Waals surface area (Å²) in [7, 11) is 1.46. The number of carbonyl (C=O) groups is 3. The largest absolute Gasteiger partial charge is 0.494 e. The molecule has 0 aromatic carbocycles. The zero-order valence-electron chi connectivity index (χ0n) is 17.0. The second kappa shape index (κ2) is 13.5. The number of aromatic nitrogens is 1. The van der Waals surface area contributed by atoms with Crippen LogP contribution in [-0.4, -0.2) is 84.2 Å². The summed E-state index contributed by atoms with van der Waals surface area (Å²) >= 11 is 0. The van der Waals surface area contributed by atoms with Gasteiger partial charge in [0.15, 0.2) is 0 Å². The number of aliphatic hydroxyl groups excluding tert-OH is 2. The summed E-state index contributed by atoms with van der Waals surface area (Å²) in [6.07, 6.45) is 1.30. The summed E-state index contributed by atoms with van der Waals surface area (Å²) in [5.41, 5.74) is 1.01. The number of amides is 2. The van der Waals surface area contributed by atoms with Gasteiger partial charge in [0.1, 0.15) is 5.75 Å². The molecule has 1 saturated carbocycles. The van der Waals surface area contributed by atoms with Gasteiger partial charge in [0, 0.05) is 18.2 Å². The Kier molecular flexibility index (Phi) is 11.3. The van der Waals surface area contributed by atoms with E-state index in [2.05, 4.69) is 15.6 Å². The first kappa shape index (κ1) is 25.3. The first-order valence-corrected chi connectivity index (χ1v) is 9.41. The summed E-state index contributed by atoms with van der Waals surface area (Å²) in [6, 6.07) is 1.10. The predicted molar refractivity (Wildman–Crippen MR) is 105 cm³/mol. The molecule has 0 spiro atoms. The molecule has 0 saturated heterocycles. The van der Waals surface area contributed by atoms with Gasteiger partial charge in [0.25, 0.3) is 12.4 Å². The zero-order chi connectivity index (χ0) is 22.5. The van der Waals surface area contributed by atoms with E-state index in [1.807, 2.05) is 0 Å². The number of aliphatic hydroxyl groups is 2. The fourth-order valence-electron chi connectivity index (χ4n) is 3.08. The molecule has 168 valence electrons. The molecule has 0 aliphatic heterocycles. The molecule has 1 aliphatic carbocycles. The first-order valence-electron chi connectivity index (χ1n) is 9.41. The molecule has 5 N–H and O–H groups in total. The predicted octanol–water partition coefficient (Wildman–Crippen LogP) is -0.906. The third-order valence-electron chi connectivity index (χ3n) is 4.47. The molecule has 0 unspecified atom stereocenters. The minimum absolute atomic E-state index is 0.0636. The molecule has 1 aliphatic rings. The Hall–Kier alpha value is -2.76. The fourth-order valence-corrected chi connectivity index (χ4v) is 3.08. The van der Waals surface area contributed by atoms with Crippen molar-refractivity contribution in [1.82, 2.24) is 15.6 Å². The fraction of sp³-hybridized carbons (Fsp3) is 0.579. The molecule has 11 heteroatoms. The lowest BCUT2D eigenvalue weighted by atomic mass is 10.1. The van der Waals surface area contributed by atoms with Gasteiger partial charge in [-0.2, -0.15) is 0 Å². The van der Waals surface area contributed by atoms with E-state index in [-0.39, 0.29) is 43.8 Å². The van der Waals surface area contributed by atoms with Crippen molar-refractivity contribution in [2.75, 3.05) is 33.5 Å². The Balaban J connectivity index is 0.00000141. The van der Waals surface area contributed by atoms with Crippen LogP contribution in [0, 0.1) is 12.8 Å². The van der Waals surface area contributed by atoms with E-state index in [0.29, 0.717) is 36.6 Å². The van der Waals surface area contributed by atoms with Gasteiger partial charge in [-0.1, -0.05) is 0 Å². The van der Waals surface area contributed by atoms with Crippen molar-refractivity contribution in [2.24, 2.45) is 5.92 Å². The molecule has 3 atom stereocenters. The average Bonchev–Trinajstić information content (AvgIpc) is 3.08. The summed E-state index contributed by atoms with van der Waals surface area (Å²) in [5.74, 6) is -0.595. The van der Waals surface area contributed by atoms with Crippen molar-refractivity contribution in [2.45, 2.75) is 31.9 Å². The lowest BCUT2D eigenvalue weighted by Crippen LogP contribution is -2.40. The van der Waals surface area contributed by atoms with Crippen LogP contribution in [0.15, 0.2) is 12.3 Å². The van der Waals surface area contributed by atoms with Gasteiger partial charge >= 0.3 is 0 Å². The van der Waals surface area contributed by atoms with Crippen molar-refractivity contribution < 1.29 is 39.2 Å². The molecule has 30 heavy (non-hydrogen) atoms. The van der Waals surface area contributed by atoms with Crippen LogP contribution in [-0.2, 0) is 14.3 Å². The summed E-state index contributed by atoms with van der Waals surface area (Å²) in [6.45, 7) is 2.32. The van der Waals surface area contributed by atoms with Crippen LogP contribution >= 0.6 is 0 Å². The standard InChI is InChI=1S/C18H27N3O6.CH2O2/c1-11-7-13(16(26-2)10-20-11)18(25)21-14-8-12(9-15(14)23)17(24)19-3-5-27-6-4-22;2-1-3/h7,10,12,14-15,22-23H,3-6,8-9H2,1-2H3,(H,19,24)(H,21,25);1H,(H,2,3)/t12-,14+,15+;/m0./s1. The van der Waals surface area contributed by atoms with Gasteiger partial charge in [0.05, 0.1) is 50.8 Å². The molecule has 1 heterocycles. The van der Waals surface area contributed by atoms with E-state index in [1.54, 1.807) is 13.0 Å². The maximum atomic E-state index is 12.6. The van der Waals surface area contributed by atoms with Crippen LogP contribution < -0.4 is 15.4 Å². The molecule has 0 bridgehead atoms. The average molecular weight is 427 g/mol. The Labute approximate surface area is 174 Å². The number of nitrogens with one attached hydrogen (secondary N) is 2. The second-order valence-electron chi connectivity index (χ2n) is 6.57. The third kappa shape index (κ3) is 7.93. The van der Waals surface area contributed by atoms with Gasteiger partial charge in [-0.3, -0.25) is 19.4 Å². The maximum absolute atomic E-state index is 12.6. The molecule has 1 aromatic heterocycles. The highest BCUT2D eigenvalue weighted by atomic mass is 16.5. The van der Waals surface area contributed by atoms with Gasteiger partial charge in [-0.05, 0) is 25.8 Å². The van der Waals surface area contributed by atoms with E-state index in [1.165, 1.54) is 13.3 Å². The SMILES string of the molecule is COc1cnc(C)cc1C(=O)N[C@@H]1C[C@H](C(=O)NCCOCCO)C[C@H]1O.O=CO. The van der Waals surface area contributed by atoms with E-state index >= 15 is 0 Å².